The van der Waals surface area contributed by atoms with E-state index in [1.54, 1.807) is 18.5 Å². The van der Waals surface area contributed by atoms with E-state index in [1.807, 2.05) is 49.4 Å². The smallest absolute Gasteiger partial charge is 0.293 e. The van der Waals surface area contributed by atoms with Crippen molar-refractivity contribution in [2.45, 2.75) is 6.92 Å². The maximum atomic E-state index is 10.9. The van der Waals surface area contributed by atoms with Crippen LogP contribution in [0.15, 0.2) is 67.3 Å². The number of fused-ring (bicyclic) bond motifs is 1. The predicted molar refractivity (Wildman–Crippen MR) is 114 cm³/mol. The highest BCUT2D eigenvalue weighted by Gasteiger charge is 2.08. The first-order valence-corrected chi connectivity index (χ1v) is 9.10. The molecule has 0 fully saturated rings. The van der Waals surface area contributed by atoms with Crippen molar-refractivity contribution in [3.05, 3.63) is 78.4 Å². The normalized spacial score (nSPS) is 10.2. The molecular formula is C23H17N5O2. The van der Waals surface area contributed by atoms with Gasteiger partial charge in [-0.15, -0.1) is 0 Å². The van der Waals surface area contributed by atoms with E-state index in [9.17, 15) is 4.79 Å². The van der Waals surface area contributed by atoms with Crippen molar-refractivity contribution in [3.8, 4) is 23.3 Å². The van der Waals surface area contributed by atoms with E-state index in [0.29, 0.717) is 17.1 Å². The van der Waals surface area contributed by atoms with Crippen molar-refractivity contribution in [2.24, 2.45) is 5.73 Å². The second kappa shape index (κ2) is 8.29. The number of nitrogens with two attached hydrogens (primary N) is 1. The highest BCUT2D eigenvalue weighted by molar-refractivity contribution is 5.94. The molecule has 0 atom stereocenters. The molecule has 7 heteroatoms. The van der Waals surface area contributed by atoms with Crippen molar-refractivity contribution in [1.29, 1.82) is 0 Å². The number of aromatic nitrogens is 3. The minimum absolute atomic E-state index is 0.628. The number of primary amides is 1. The van der Waals surface area contributed by atoms with Gasteiger partial charge >= 0.3 is 0 Å². The average Bonchev–Trinajstić information content (AvgIpc) is 2.75. The van der Waals surface area contributed by atoms with Gasteiger partial charge in [0.2, 0.25) is 0 Å². The molecule has 0 saturated carbocycles. The van der Waals surface area contributed by atoms with Crippen LogP contribution in [0.25, 0.3) is 10.9 Å². The third-order valence-electron chi connectivity index (χ3n) is 4.27. The molecule has 2 heterocycles. The fraction of sp³-hybridized carbons (Fsp3) is 0.0435. The number of nitrogens with zero attached hydrogens (tertiary/aromatic N) is 3. The molecule has 0 spiro atoms. The van der Waals surface area contributed by atoms with Gasteiger partial charge in [-0.05, 0) is 66.9 Å². The highest BCUT2D eigenvalue weighted by atomic mass is 16.5. The maximum absolute atomic E-state index is 10.9. The summed E-state index contributed by atoms with van der Waals surface area (Å²) in [6.45, 7) is 1.96. The topological polar surface area (TPSA) is 103 Å². The van der Waals surface area contributed by atoms with Gasteiger partial charge in [0.05, 0.1) is 11.7 Å². The number of anilines is 2. The number of rotatable bonds is 4. The van der Waals surface area contributed by atoms with Crippen molar-refractivity contribution in [2.75, 3.05) is 5.32 Å². The summed E-state index contributed by atoms with van der Waals surface area (Å²) in [7, 11) is 0. The van der Waals surface area contributed by atoms with Crippen LogP contribution < -0.4 is 15.8 Å². The molecule has 0 aliphatic heterocycles. The molecule has 0 aliphatic carbocycles. The van der Waals surface area contributed by atoms with E-state index in [-0.39, 0.29) is 0 Å². The molecule has 4 rings (SSSR count). The lowest BCUT2D eigenvalue weighted by molar-refractivity contribution is -0.112. The van der Waals surface area contributed by atoms with Crippen LogP contribution in [0.4, 0.5) is 11.5 Å². The Hall–Kier alpha value is -4.44. The largest absolute Gasteiger partial charge is 0.455 e. The summed E-state index contributed by atoms with van der Waals surface area (Å²) in [5, 5.41) is 4.09. The first-order chi connectivity index (χ1) is 14.6. The zero-order valence-electron chi connectivity index (χ0n) is 16.1. The number of benzene rings is 2. The van der Waals surface area contributed by atoms with E-state index < -0.39 is 5.91 Å². The molecule has 0 aliphatic rings. The first kappa shape index (κ1) is 18.9. The molecule has 2 aromatic carbocycles. The van der Waals surface area contributed by atoms with E-state index >= 15 is 0 Å². The zero-order valence-corrected chi connectivity index (χ0v) is 16.1. The molecule has 146 valence electrons. The van der Waals surface area contributed by atoms with Gasteiger partial charge in [0.25, 0.3) is 5.91 Å². The molecular weight excluding hydrogens is 378 g/mol. The number of carbonyl (C=O) groups is 1. The number of pyridine rings is 1. The van der Waals surface area contributed by atoms with Crippen molar-refractivity contribution < 1.29 is 9.53 Å². The van der Waals surface area contributed by atoms with Gasteiger partial charge in [-0.2, -0.15) is 0 Å². The van der Waals surface area contributed by atoms with Crippen LogP contribution in [-0.4, -0.2) is 20.9 Å². The predicted octanol–water partition coefficient (Wildman–Crippen LogP) is 3.71. The molecule has 1 amide bonds. The van der Waals surface area contributed by atoms with E-state index in [0.717, 1.165) is 27.9 Å². The minimum Gasteiger partial charge on any atom is -0.455 e. The number of hydrogen-bond donors (Lipinski definition) is 2. The van der Waals surface area contributed by atoms with Crippen LogP contribution in [0, 0.1) is 18.8 Å². The van der Waals surface area contributed by atoms with E-state index in [2.05, 4.69) is 32.1 Å². The Labute approximate surface area is 173 Å². The van der Waals surface area contributed by atoms with Gasteiger partial charge < -0.3 is 15.8 Å². The summed E-state index contributed by atoms with van der Waals surface area (Å²) in [6, 6.07) is 14.9. The number of carbonyl (C=O) groups excluding carboxylic acids is 1. The highest BCUT2D eigenvalue weighted by Crippen LogP contribution is 2.29. The van der Waals surface area contributed by atoms with Crippen molar-refractivity contribution >= 4 is 28.3 Å². The van der Waals surface area contributed by atoms with Gasteiger partial charge in [-0.25, -0.2) is 9.97 Å². The van der Waals surface area contributed by atoms with Gasteiger partial charge in [0.15, 0.2) is 0 Å². The zero-order chi connectivity index (χ0) is 20.9. The average molecular weight is 395 g/mol. The van der Waals surface area contributed by atoms with Crippen LogP contribution >= 0.6 is 0 Å². The molecule has 7 nitrogen and oxygen atoms in total. The number of nitrogens with one attached hydrogen (secondary N) is 1. The molecule has 2 aromatic heterocycles. The molecule has 3 N–H and O–H groups in total. The Bertz CT molecular complexity index is 1290. The fourth-order valence-electron chi connectivity index (χ4n) is 2.88. The third kappa shape index (κ3) is 4.34. The number of aryl methyl sites for hydroxylation is 1. The number of ether oxygens (including phenoxy) is 1. The number of hydrogen-bond acceptors (Lipinski definition) is 6. The maximum Gasteiger partial charge on any atom is 0.293 e. The summed E-state index contributed by atoms with van der Waals surface area (Å²) in [4.78, 5) is 23.6. The second-order valence-corrected chi connectivity index (χ2v) is 6.46. The minimum atomic E-state index is -0.679. The van der Waals surface area contributed by atoms with Crippen LogP contribution in [0.1, 0.15) is 11.1 Å². The Balaban J connectivity index is 1.62. The molecule has 30 heavy (non-hydrogen) atoms. The van der Waals surface area contributed by atoms with E-state index in [1.165, 1.54) is 6.33 Å². The van der Waals surface area contributed by atoms with Crippen LogP contribution in [-0.2, 0) is 4.79 Å². The Morgan fingerprint density at radius 3 is 2.80 bits per heavy atom. The Kier molecular flexibility index (Phi) is 5.22. The summed E-state index contributed by atoms with van der Waals surface area (Å²) in [5.41, 5.74) is 8.30. The third-order valence-corrected chi connectivity index (χ3v) is 4.27. The number of amides is 1. The summed E-state index contributed by atoms with van der Waals surface area (Å²) < 4.78 is 5.88. The van der Waals surface area contributed by atoms with Crippen LogP contribution in [0.2, 0.25) is 0 Å². The molecule has 4 aromatic rings. The summed E-state index contributed by atoms with van der Waals surface area (Å²) >= 11 is 0. The van der Waals surface area contributed by atoms with Gasteiger partial charge in [-0.1, -0.05) is 5.92 Å². The monoisotopic (exact) mass is 395 g/mol. The Morgan fingerprint density at radius 1 is 1.13 bits per heavy atom. The quantitative estimate of drug-likeness (QED) is 0.511. The molecule has 0 radical (unpaired) electrons. The standard InChI is InChI=1S/C23H17N5O2/c1-15-11-17(6-8-21(15)30-18-3-2-10-25-13-18)28-23-19-12-16(5-9-22(24)29)4-7-20(19)26-14-27-23/h2-4,6-8,10-14H,1H3,(H2,24,29)(H,26,27,28). The summed E-state index contributed by atoms with van der Waals surface area (Å²) in [5.74, 6) is 6.44. The van der Waals surface area contributed by atoms with Crippen LogP contribution in [0.3, 0.4) is 0 Å². The summed E-state index contributed by atoms with van der Waals surface area (Å²) in [6.07, 6.45) is 4.85. The van der Waals surface area contributed by atoms with Crippen molar-refractivity contribution in [1.82, 2.24) is 15.0 Å². The van der Waals surface area contributed by atoms with Crippen LogP contribution in [0.5, 0.6) is 11.5 Å². The van der Waals surface area contributed by atoms with Crippen molar-refractivity contribution in [3.63, 3.8) is 0 Å². The first-order valence-electron chi connectivity index (χ1n) is 9.10. The van der Waals surface area contributed by atoms with Gasteiger partial charge in [0.1, 0.15) is 23.6 Å². The second-order valence-electron chi connectivity index (χ2n) is 6.46. The fourth-order valence-corrected chi connectivity index (χ4v) is 2.88. The van der Waals surface area contributed by atoms with Gasteiger partial charge in [0, 0.05) is 22.8 Å². The lowest BCUT2D eigenvalue weighted by Crippen LogP contribution is -2.06. The molecule has 0 unspecified atom stereocenters. The lowest BCUT2D eigenvalue weighted by Gasteiger charge is -2.12. The Morgan fingerprint density at radius 2 is 2.03 bits per heavy atom. The lowest BCUT2D eigenvalue weighted by atomic mass is 10.1. The molecule has 0 saturated heterocycles. The SMILES string of the molecule is Cc1cc(Nc2ncnc3ccc(C#CC(N)=O)cc23)ccc1Oc1cccnc1. The molecule has 0 bridgehead atoms. The van der Waals surface area contributed by atoms with Gasteiger partial charge in [-0.3, -0.25) is 9.78 Å². The van der Waals surface area contributed by atoms with E-state index in [4.69, 9.17) is 10.5 Å².